The van der Waals surface area contributed by atoms with Crippen LogP contribution >= 0.6 is 11.3 Å². The van der Waals surface area contributed by atoms with Crippen LogP contribution in [0.4, 0.5) is 10.3 Å². The van der Waals surface area contributed by atoms with Gasteiger partial charge in [0.15, 0.2) is 0 Å². The van der Waals surface area contributed by atoms with Crippen LogP contribution in [0.15, 0.2) is 42.0 Å². The third-order valence-electron chi connectivity index (χ3n) is 3.50. The Kier molecular flexibility index (Phi) is 3.31. The van der Waals surface area contributed by atoms with E-state index < -0.39 is 0 Å². The number of rotatable bonds is 4. The van der Waals surface area contributed by atoms with E-state index in [0.29, 0.717) is 23.2 Å². The molecule has 0 saturated heterocycles. The number of hydrogen-bond acceptors (Lipinski definition) is 5. The van der Waals surface area contributed by atoms with Gasteiger partial charge in [0, 0.05) is 17.8 Å². The van der Waals surface area contributed by atoms with E-state index in [0.717, 1.165) is 23.4 Å². The smallest absolute Gasteiger partial charge is 0.223 e. The predicted octanol–water partition coefficient (Wildman–Crippen LogP) is 3.98. The Balaban J connectivity index is 1.74. The fourth-order valence-electron chi connectivity index (χ4n) is 2.24. The van der Waals surface area contributed by atoms with Crippen LogP contribution < -0.4 is 5.32 Å². The van der Waals surface area contributed by atoms with Gasteiger partial charge in [-0.3, -0.25) is 0 Å². The number of hydrogen-bond donors (Lipinski definition) is 1. The van der Waals surface area contributed by atoms with E-state index in [-0.39, 0.29) is 5.82 Å². The van der Waals surface area contributed by atoms with Gasteiger partial charge in [-0.2, -0.15) is 0 Å². The van der Waals surface area contributed by atoms with Gasteiger partial charge in [0.25, 0.3) is 0 Å². The topological polar surface area (TPSA) is 50.7 Å². The summed E-state index contributed by atoms with van der Waals surface area (Å²) in [4.78, 5) is 14.0. The molecule has 1 aliphatic carbocycles. The molecule has 110 valence electrons. The van der Waals surface area contributed by atoms with E-state index in [1.54, 1.807) is 23.8 Å². The molecule has 0 aliphatic heterocycles. The van der Waals surface area contributed by atoms with Crippen molar-refractivity contribution in [2.45, 2.75) is 18.9 Å². The number of anilines is 1. The van der Waals surface area contributed by atoms with Crippen LogP contribution in [0.2, 0.25) is 0 Å². The van der Waals surface area contributed by atoms with Crippen molar-refractivity contribution in [3.05, 3.63) is 47.9 Å². The van der Waals surface area contributed by atoms with Crippen molar-refractivity contribution in [2.24, 2.45) is 0 Å². The Bertz CT molecular complexity index is 813. The Labute approximate surface area is 131 Å². The zero-order valence-electron chi connectivity index (χ0n) is 11.7. The number of aromatic nitrogens is 3. The van der Waals surface area contributed by atoms with Crippen molar-refractivity contribution in [2.75, 3.05) is 5.32 Å². The first-order chi connectivity index (χ1) is 10.8. The van der Waals surface area contributed by atoms with Crippen LogP contribution in [-0.4, -0.2) is 21.0 Å². The first-order valence-corrected chi connectivity index (χ1v) is 7.97. The van der Waals surface area contributed by atoms with Crippen molar-refractivity contribution in [3.63, 3.8) is 0 Å². The number of thiazole rings is 1. The molecule has 0 atom stereocenters. The molecular weight excluding hydrogens is 299 g/mol. The maximum Gasteiger partial charge on any atom is 0.223 e. The molecule has 2 heterocycles. The second-order valence-corrected chi connectivity index (χ2v) is 6.05. The molecule has 1 saturated carbocycles. The summed E-state index contributed by atoms with van der Waals surface area (Å²) in [5.74, 6) is 0.341. The van der Waals surface area contributed by atoms with Crippen molar-refractivity contribution < 1.29 is 4.39 Å². The average Bonchev–Trinajstić information content (AvgIpc) is 3.21. The Morgan fingerprint density at radius 1 is 1.14 bits per heavy atom. The van der Waals surface area contributed by atoms with Gasteiger partial charge < -0.3 is 5.32 Å². The lowest BCUT2D eigenvalue weighted by atomic mass is 10.1. The van der Waals surface area contributed by atoms with Crippen LogP contribution in [0, 0.1) is 5.82 Å². The number of benzene rings is 1. The summed E-state index contributed by atoms with van der Waals surface area (Å²) in [5.41, 5.74) is 3.60. The van der Waals surface area contributed by atoms with Crippen molar-refractivity contribution in [1.29, 1.82) is 0 Å². The fraction of sp³-hybridized carbons (Fsp3) is 0.188. The molecule has 4 rings (SSSR count). The van der Waals surface area contributed by atoms with Gasteiger partial charge in [-0.25, -0.2) is 19.3 Å². The third kappa shape index (κ3) is 2.57. The zero-order valence-corrected chi connectivity index (χ0v) is 12.5. The highest BCUT2D eigenvalue weighted by molar-refractivity contribution is 7.13. The van der Waals surface area contributed by atoms with Crippen LogP contribution in [0.5, 0.6) is 0 Å². The second-order valence-electron chi connectivity index (χ2n) is 5.19. The normalized spacial score (nSPS) is 14.0. The molecule has 0 spiro atoms. The Hall–Kier alpha value is -2.34. The molecule has 4 nitrogen and oxygen atoms in total. The van der Waals surface area contributed by atoms with Crippen LogP contribution in [0.3, 0.4) is 0 Å². The number of halogens is 1. The lowest BCUT2D eigenvalue weighted by Gasteiger charge is -2.06. The van der Waals surface area contributed by atoms with Crippen molar-refractivity contribution in [3.8, 4) is 21.8 Å². The standard InChI is InChI=1S/C16H13FN4S/c17-12-4-2-1-3-11(12)14-15(22-9-19-14)13-7-8-18-16(21-13)20-10-5-6-10/h1-4,7-10H,5-6H2,(H,18,20,21). The molecule has 0 amide bonds. The highest BCUT2D eigenvalue weighted by Gasteiger charge is 2.22. The maximum atomic E-state index is 14.0. The van der Waals surface area contributed by atoms with E-state index in [2.05, 4.69) is 20.3 Å². The molecular formula is C16H13FN4S. The molecule has 3 aromatic rings. The van der Waals surface area contributed by atoms with Crippen LogP contribution in [0.25, 0.3) is 21.8 Å². The van der Waals surface area contributed by atoms with Gasteiger partial charge in [-0.1, -0.05) is 12.1 Å². The van der Waals surface area contributed by atoms with Crippen LogP contribution in [0.1, 0.15) is 12.8 Å². The molecule has 2 aromatic heterocycles. The molecule has 1 aliphatic rings. The van der Waals surface area contributed by atoms with Gasteiger partial charge in [0.05, 0.1) is 21.8 Å². The number of nitrogens with zero attached hydrogens (tertiary/aromatic N) is 3. The molecule has 0 bridgehead atoms. The molecule has 6 heteroatoms. The first-order valence-electron chi connectivity index (χ1n) is 7.09. The molecule has 0 radical (unpaired) electrons. The summed E-state index contributed by atoms with van der Waals surface area (Å²) in [6, 6.07) is 8.98. The SMILES string of the molecule is Fc1ccccc1-c1ncsc1-c1ccnc(NC2CC2)n1. The minimum absolute atomic E-state index is 0.278. The molecule has 22 heavy (non-hydrogen) atoms. The van der Waals surface area contributed by atoms with Gasteiger partial charge >= 0.3 is 0 Å². The molecule has 0 unspecified atom stereocenters. The predicted molar refractivity (Wildman–Crippen MR) is 85.2 cm³/mol. The van der Waals surface area contributed by atoms with E-state index in [1.165, 1.54) is 17.4 Å². The first kappa shape index (κ1) is 13.3. The van der Waals surface area contributed by atoms with Gasteiger partial charge in [0.2, 0.25) is 5.95 Å². The molecule has 1 N–H and O–H groups in total. The fourth-order valence-corrected chi connectivity index (χ4v) is 3.01. The average molecular weight is 312 g/mol. The monoisotopic (exact) mass is 312 g/mol. The summed E-state index contributed by atoms with van der Waals surface area (Å²) in [5, 5.41) is 3.28. The Morgan fingerprint density at radius 3 is 2.82 bits per heavy atom. The quantitative estimate of drug-likeness (QED) is 0.791. The van der Waals surface area contributed by atoms with E-state index in [9.17, 15) is 4.39 Å². The summed E-state index contributed by atoms with van der Waals surface area (Å²) in [7, 11) is 0. The van der Waals surface area contributed by atoms with Crippen LogP contribution in [-0.2, 0) is 0 Å². The largest absolute Gasteiger partial charge is 0.351 e. The molecule has 1 fully saturated rings. The second kappa shape index (κ2) is 5.46. The summed E-state index contributed by atoms with van der Waals surface area (Å²) in [6.45, 7) is 0. The highest BCUT2D eigenvalue weighted by atomic mass is 32.1. The number of nitrogens with one attached hydrogen (secondary N) is 1. The lowest BCUT2D eigenvalue weighted by molar-refractivity contribution is 0.631. The Morgan fingerprint density at radius 2 is 2.00 bits per heavy atom. The van der Waals surface area contributed by atoms with Gasteiger partial charge in [-0.05, 0) is 31.0 Å². The summed E-state index contributed by atoms with van der Waals surface area (Å²) < 4.78 is 14.0. The third-order valence-corrected chi connectivity index (χ3v) is 4.34. The highest BCUT2D eigenvalue weighted by Crippen LogP contribution is 2.35. The minimum Gasteiger partial charge on any atom is -0.351 e. The summed E-state index contributed by atoms with van der Waals surface area (Å²) in [6.07, 6.45) is 4.04. The van der Waals surface area contributed by atoms with Crippen molar-refractivity contribution >= 4 is 17.3 Å². The summed E-state index contributed by atoms with van der Waals surface area (Å²) >= 11 is 1.45. The van der Waals surface area contributed by atoms with E-state index in [1.807, 2.05) is 12.1 Å². The van der Waals surface area contributed by atoms with Gasteiger partial charge in [0.1, 0.15) is 5.82 Å². The van der Waals surface area contributed by atoms with E-state index in [4.69, 9.17) is 0 Å². The maximum absolute atomic E-state index is 14.0. The minimum atomic E-state index is -0.278. The van der Waals surface area contributed by atoms with Gasteiger partial charge in [-0.15, -0.1) is 11.3 Å². The lowest BCUT2D eigenvalue weighted by Crippen LogP contribution is -2.05. The van der Waals surface area contributed by atoms with Crippen molar-refractivity contribution in [1.82, 2.24) is 15.0 Å². The molecule has 1 aromatic carbocycles. The van der Waals surface area contributed by atoms with E-state index >= 15 is 0 Å². The zero-order chi connectivity index (χ0) is 14.9.